The van der Waals surface area contributed by atoms with Gasteiger partial charge in [0.25, 0.3) is 5.91 Å². The van der Waals surface area contributed by atoms with E-state index in [1.54, 1.807) is 48.9 Å². The minimum atomic E-state index is -4.00. The van der Waals surface area contributed by atoms with Crippen LogP contribution in [-0.4, -0.2) is 111 Å². The Hall–Kier alpha value is -5.40. The number of hydrogen-bond acceptors (Lipinski definition) is 11. The minimum Gasteiger partial charge on any atom is -0.492 e. The number of hydrogen-bond donors (Lipinski definition) is 5. The number of carbonyl (C=O) groups excluding carboxylic acids is 1. The number of amides is 1. The number of nitrogens with zero attached hydrogens (tertiary/aromatic N) is 3. The van der Waals surface area contributed by atoms with Crippen molar-refractivity contribution in [3.8, 4) is 33.8 Å². The highest BCUT2D eigenvalue weighted by Gasteiger charge is 2.36. The molecule has 1 amide bonds. The van der Waals surface area contributed by atoms with Gasteiger partial charge >= 0.3 is 0 Å². The van der Waals surface area contributed by atoms with Gasteiger partial charge in [-0.2, -0.15) is 0 Å². The highest BCUT2D eigenvalue weighted by Crippen LogP contribution is 2.38. The Balaban J connectivity index is 0.827. The van der Waals surface area contributed by atoms with Crippen molar-refractivity contribution in [1.29, 1.82) is 0 Å². The molecule has 0 unspecified atom stereocenters. The maximum absolute atomic E-state index is 16.1. The number of pyridine rings is 2. The number of piperidine rings is 2. The molecule has 0 radical (unpaired) electrons. The van der Waals surface area contributed by atoms with Crippen molar-refractivity contribution < 1.29 is 35.5 Å². The Morgan fingerprint density at radius 1 is 0.790 bits per heavy atom. The van der Waals surface area contributed by atoms with Crippen molar-refractivity contribution in [3.05, 3.63) is 96.6 Å². The van der Waals surface area contributed by atoms with Crippen molar-refractivity contribution in [2.45, 2.75) is 44.8 Å². The molecule has 0 atom stereocenters. The average Bonchev–Trinajstić information content (AvgIpc) is 3.90. The van der Waals surface area contributed by atoms with E-state index in [1.165, 1.54) is 0 Å². The van der Waals surface area contributed by atoms with Crippen LogP contribution < -0.4 is 24.2 Å². The van der Waals surface area contributed by atoms with Crippen LogP contribution in [0, 0.1) is 5.41 Å². The van der Waals surface area contributed by atoms with Crippen LogP contribution in [0.25, 0.3) is 44.3 Å². The van der Waals surface area contributed by atoms with Gasteiger partial charge in [0, 0.05) is 73.1 Å². The summed E-state index contributed by atoms with van der Waals surface area (Å²) in [5.41, 5.74) is 4.01. The van der Waals surface area contributed by atoms with Crippen molar-refractivity contribution in [2.75, 3.05) is 57.9 Å². The van der Waals surface area contributed by atoms with Crippen LogP contribution in [0.15, 0.2) is 85.5 Å². The van der Waals surface area contributed by atoms with Crippen molar-refractivity contribution in [1.82, 2.24) is 39.6 Å². The number of H-pyrrole nitrogens is 2. The highest BCUT2D eigenvalue weighted by molar-refractivity contribution is 7.90. The summed E-state index contributed by atoms with van der Waals surface area (Å²) < 4.78 is 82.4. The van der Waals surface area contributed by atoms with Gasteiger partial charge in [0.1, 0.15) is 35.1 Å². The molecule has 0 saturated carbocycles. The van der Waals surface area contributed by atoms with Gasteiger partial charge in [0.2, 0.25) is 20.0 Å². The largest absolute Gasteiger partial charge is 0.492 e. The molecule has 0 spiro atoms. The quantitative estimate of drug-likeness (QED) is 0.0819. The standard InChI is InChI=1S/C44H51FN8O7S2/c1-43(13-19-46-20-14-43)28-59-36-11-17-47-40-38(36)35(27-50-40)32-7-9-33(10-8-32)42(54)52-62(57,58)24-23-53-21-15-44(45,16-22-53)29-60-37-12-18-48-41-39(37)34(26-49-41)31-5-3-30(4-6-31)25-51-61(2,55)56/h3-12,17-18,26-27,46,51H,13-16,19-25,28-29H2,1-2H3,(H,47,50)(H,48,49)(H,52,54). The number of aromatic nitrogens is 4. The van der Waals surface area contributed by atoms with Crippen LogP contribution in [0.4, 0.5) is 4.39 Å². The summed E-state index contributed by atoms with van der Waals surface area (Å²) in [5.74, 6) is 0.135. The summed E-state index contributed by atoms with van der Waals surface area (Å²) >= 11 is 0. The Labute approximate surface area is 360 Å². The Bertz CT molecular complexity index is 2760. The Morgan fingerprint density at radius 3 is 1.90 bits per heavy atom. The first kappa shape index (κ1) is 43.3. The molecule has 18 heteroatoms. The van der Waals surface area contributed by atoms with Crippen LogP contribution >= 0.6 is 0 Å². The van der Waals surface area contributed by atoms with E-state index in [9.17, 15) is 21.6 Å². The summed E-state index contributed by atoms with van der Waals surface area (Å²) in [7, 11) is -7.32. The second-order valence-electron chi connectivity index (χ2n) is 16.7. The summed E-state index contributed by atoms with van der Waals surface area (Å²) in [6.07, 6.45) is 10.4. The molecule has 4 aromatic heterocycles. The second-order valence-corrected chi connectivity index (χ2v) is 20.4. The van der Waals surface area contributed by atoms with Crippen LogP contribution in [0.3, 0.4) is 0 Å². The van der Waals surface area contributed by atoms with Crippen LogP contribution in [0.1, 0.15) is 48.5 Å². The lowest BCUT2D eigenvalue weighted by atomic mass is 9.82. The van der Waals surface area contributed by atoms with E-state index in [-0.39, 0.29) is 49.3 Å². The highest BCUT2D eigenvalue weighted by atomic mass is 32.2. The zero-order valence-electron chi connectivity index (χ0n) is 34.7. The number of benzene rings is 2. The lowest BCUT2D eigenvalue weighted by Crippen LogP contribution is -2.47. The maximum atomic E-state index is 16.1. The number of aromatic amines is 2. The Morgan fingerprint density at radius 2 is 1.34 bits per heavy atom. The first-order valence-electron chi connectivity index (χ1n) is 20.6. The molecule has 2 aliphatic heterocycles. The van der Waals surface area contributed by atoms with E-state index in [0.717, 1.165) is 71.1 Å². The fourth-order valence-electron chi connectivity index (χ4n) is 8.02. The maximum Gasteiger partial charge on any atom is 0.264 e. The van der Waals surface area contributed by atoms with Gasteiger partial charge in [-0.25, -0.2) is 40.6 Å². The third-order valence-corrected chi connectivity index (χ3v) is 13.8. The van der Waals surface area contributed by atoms with Gasteiger partial charge in [-0.3, -0.25) is 4.79 Å². The third kappa shape index (κ3) is 10.3. The molecule has 2 aliphatic rings. The number of ether oxygens (including phenoxy) is 2. The number of alkyl halides is 1. The van der Waals surface area contributed by atoms with Gasteiger partial charge in [-0.1, -0.05) is 43.3 Å². The average molecular weight is 887 g/mol. The fourth-order valence-corrected chi connectivity index (χ4v) is 9.45. The number of rotatable bonds is 16. The van der Waals surface area contributed by atoms with E-state index < -0.39 is 31.6 Å². The number of carbonyl (C=O) groups is 1. The first-order chi connectivity index (χ1) is 29.6. The van der Waals surface area contributed by atoms with E-state index in [0.29, 0.717) is 42.1 Å². The lowest BCUT2D eigenvalue weighted by Gasteiger charge is -2.36. The topological polar surface area (TPSA) is 200 Å². The summed E-state index contributed by atoms with van der Waals surface area (Å²) in [5, 5.41) is 4.94. The normalized spacial score (nSPS) is 17.0. The molecule has 2 fully saturated rings. The van der Waals surface area contributed by atoms with Crippen LogP contribution in [0.5, 0.6) is 11.5 Å². The summed E-state index contributed by atoms with van der Waals surface area (Å²) in [6.45, 7) is 5.50. The number of halogens is 1. The predicted octanol–water partition coefficient (Wildman–Crippen LogP) is 5.53. The predicted molar refractivity (Wildman–Crippen MR) is 237 cm³/mol. The van der Waals surface area contributed by atoms with E-state index >= 15 is 4.39 Å². The van der Waals surface area contributed by atoms with Crippen LogP contribution in [-0.2, 0) is 26.6 Å². The molecule has 5 N–H and O–H groups in total. The summed E-state index contributed by atoms with van der Waals surface area (Å²) in [4.78, 5) is 30.2. The molecule has 0 aliphatic carbocycles. The molecule has 62 heavy (non-hydrogen) atoms. The summed E-state index contributed by atoms with van der Waals surface area (Å²) in [6, 6.07) is 17.7. The number of fused-ring (bicyclic) bond motifs is 2. The Kier molecular flexibility index (Phi) is 12.4. The third-order valence-electron chi connectivity index (χ3n) is 11.9. The molecule has 2 aromatic carbocycles. The SMILES string of the molecule is CC1(COc2ccnc3[nH]cc(-c4ccc(C(=O)NS(=O)(=O)CCN5CCC(F)(COc6ccnc7[nH]cc(-c8ccc(CNS(C)(=O)=O)cc8)c67)CC5)cc4)c23)CCNCC1. The van der Waals surface area contributed by atoms with Crippen molar-refractivity contribution in [3.63, 3.8) is 0 Å². The number of nitrogens with one attached hydrogen (secondary N) is 5. The molecule has 2 saturated heterocycles. The number of sulfonamides is 2. The molecular formula is C44H51FN8O7S2. The zero-order valence-corrected chi connectivity index (χ0v) is 36.3. The number of likely N-dealkylation sites (tertiary alicyclic amines) is 1. The zero-order chi connectivity index (χ0) is 43.5. The van der Waals surface area contributed by atoms with Crippen LogP contribution in [0.2, 0.25) is 0 Å². The smallest absolute Gasteiger partial charge is 0.264 e. The van der Waals surface area contributed by atoms with Gasteiger partial charge in [-0.15, -0.1) is 0 Å². The van der Waals surface area contributed by atoms with E-state index in [4.69, 9.17) is 9.47 Å². The lowest BCUT2D eigenvalue weighted by molar-refractivity contribution is 0.0196. The molecule has 8 rings (SSSR count). The minimum absolute atomic E-state index is 0.0729. The van der Waals surface area contributed by atoms with Gasteiger partial charge in [0.15, 0.2) is 0 Å². The molecular weight excluding hydrogens is 836 g/mol. The first-order valence-corrected chi connectivity index (χ1v) is 24.2. The van der Waals surface area contributed by atoms with Gasteiger partial charge in [0.05, 0.1) is 29.4 Å². The molecule has 6 aromatic rings. The van der Waals surface area contributed by atoms with Gasteiger partial charge < -0.3 is 29.7 Å². The van der Waals surface area contributed by atoms with Gasteiger partial charge in [-0.05, 0) is 79.7 Å². The van der Waals surface area contributed by atoms with Crippen molar-refractivity contribution >= 4 is 48.0 Å². The second kappa shape index (κ2) is 17.8. The fraction of sp³-hybridized carbons (Fsp3) is 0.386. The van der Waals surface area contributed by atoms with Crippen molar-refractivity contribution in [2.24, 2.45) is 5.41 Å². The molecule has 0 bridgehead atoms. The molecule has 15 nitrogen and oxygen atoms in total. The van der Waals surface area contributed by atoms with E-state index in [2.05, 4.69) is 41.6 Å². The molecule has 6 heterocycles. The molecule has 328 valence electrons. The van der Waals surface area contributed by atoms with E-state index in [1.807, 2.05) is 41.4 Å². The monoisotopic (exact) mass is 886 g/mol.